The number of nitrogens with zero attached hydrogens (tertiary/aromatic N) is 4. The quantitative estimate of drug-likeness (QED) is 0.885. The minimum Gasteiger partial charge on any atom is -0.477 e. The van der Waals surface area contributed by atoms with Crippen LogP contribution in [0.2, 0.25) is 0 Å². The number of aromatic nitrogens is 3. The number of rotatable bonds is 3. The van der Waals surface area contributed by atoms with E-state index in [1.807, 2.05) is 23.0 Å². The highest BCUT2D eigenvalue weighted by atomic mass is 16.4. The third kappa shape index (κ3) is 2.65. The number of hydrogen-bond donors (Lipinski definition) is 2. The first kappa shape index (κ1) is 15.1. The predicted octanol–water partition coefficient (Wildman–Crippen LogP) is 1.42. The van der Waals surface area contributed by atoms with E-state index in [0.29, 0.717) is 11.8 Å². The minimum atomic E-state index is -1.01. The summed E-state index contributed by atoms with van der Waals surface area (Å²) in [6.07, 6.45) is 6.44. The second-order valence-electron chi connectivity index (χ2n) is 6.72. The Labute approximate surface area is 139 Å². The van der Waals surface area contributed by atoms with Crippen LogP contribution in [0.15, 0.2) is 36.8 Å². The molecule has 2 N–H and O–H groups in total. The molecule has 2 aromatic heterocycles. The van der Waals surface area contributed by atoms with Gasteiger partial charge in [0.25, 0.3) is 0 Å². The number of carboxylic acids is 1. The minimum absolute atomic E-state index is 0.0215. The van der Waals surface area contributed by atoms with E-state index in [9.17, 15) is 9.90 Å². The SMILES string of the molecule is O=C(O)c1cc(N2C[C@H]3C[C@@H](n4cccn4)[C@H](O)C[C@H]3C2)ccn1. The summed E-state index contributed by atoms with van der Waals surface area (Å²) in [5.41, 5.74) is 0.957. The standard InChI is InChI=1S/C17H20N4O3/c22-16-7-12-10-20(13-2-4-18-14(8-13)17(23)24)9-11(12)6-15(16)21-5-1-3-19-21/h1-5,8,11-12,15-16,22H,6-7,9-10H2,(H,23,24)/t11-,12+,15-,16-/m1/s1. The van der Waals surface area contributed by atoms with Gasteiger partial charge in [-0.25, -0.2) is 9.78 Å². The normalized spacial score (nSPS) is 29.5. The molecule has 1 saturated carbocycles. The van der Waals surface area contributed by atoms with E-state index in [1.54, 1.807) is 18.5 Å². The number of fused-ring (bicyclic) bond motifs is 1. The van der Waals surface area contributed by atoms with Crippen molar-refractivity contribution in [2.45, 2.75) is 25.0 Å². The summed E-state index contributed by atoms with van der Waals surface area (Å²) in [5.74, 6) is -0.111. The Morgan fingerprint density at radius 2 is 2.00 bits per heavy atom. The van der Waals surface area contributed by atoms with Gasteiger partial charge in [0.15, 0.2) is 0 Å². The van der Waals surface area contributed by atoms with Crippen molar-refractivity contribution >= 4 is 11.7 Å². The van der Waals surface area contributed by atoms with Gasteiger partial charge in [0.2, 0.25) is 0 Å². The molecule has 3 heterocycles. The summed E-state index contributed by atoms with van der Waals surface area (Å²) in [4.78, 5) is 17.2. The van der Waals surface area contributed by atoms with Crippen LogP contribution in [-0.4, -0.2) is 50.1 Å². The first-order valence-corrected chi connectivity index (χ1v) is 8.23. The van der Waals surface area contributed by atoms with E-state index in [0.717, 1.165) is 31.6 Å². The van der Waals surface area contributed by atoms with E-state index in [1.165, 1.54) is 0 Å². The molecule has 0 spiro atoms. The molecule has 0 aromatic carbocycles. The van der Waals surface area contributed by atoms with Gasteiger partial charge in [-0.15, -0.1) is 0 Å². The summed E-state index contributed by atoms with van der Waals surface area (Å²) in [6.45, 7) is 1.72. The van der Waals surface area contributed by atoms with Crippen molar-refractivity contribution in [2.75, 3.05) is 18.0 Å². The number of pyridine rings is 1. The van der Waals surface area contributed by atoms with Gasteiger partial charge in [-0.05, 0) is 42.9 Å². The summed E-state index contributed by atoms with van der Waals surface area (Å²) >= 11 is 0. The third-order valence-corrected chi connectivity index (χ3v) is 5.30. The van der Waals surface area contributed by atoms with Crippen molar-refractivity contribution in [3.8, 4) is 0 Å². The summed E-state index contributed by atoms with van der Waals surface area (Å²) in [6, 6.07) is 5.38. The van der Waals surface area contributed by atoms with Gasteiger partial charge in [-0.1, -0.05) is 0 Å². The molecule has 1 aliphatic heterocycles. The zero-order valence-corrected chi connectivity index (χ0v) is 13.2. The van der Waals surface area contributed by atoms with Crippen LogP contribution < -0.4 is 4.90 Å². The van der Waals surface area contributed by atoms with Crippen LogP contribution in [0.4, 0.5) is 5.69 Å². The fraction of sp³-hybridized carbons (Fsp3) is 0.471. The smallest absolute Gasteiger partial charge is 0.354 e. The second kappa shape index (κ2) is 5.90. The second-order valence-corrected chi connectivity index (χ2v) is 6.72. The summed E-state index contributed by atoms with van der Waals surface area (Å²) in [5, 5.41) is 23.9. The lowest BCUT2D eigenvalue weighted by Gasteiger charge is -2.35. The Morgan fingerprint density at radius 3 is 2.71 bits per heavy atom. The van der Waals surface area contributed by atoms with Crippen LogP contribution in [0.1, 0.15) is 29.4 Å². The van der Waals surface area contributed by atoms with Crippen molar-refractivity contribution in [2.24, 2.45) is 11.8 Å². The molecule has 2 aliphatic rings. The van der Waals surface area contributed by atoms with E-state index in [2.05, 4.69) is 15.0 Å². The molecule has 4 rings (SSSR count). The molecule has 24 heavy (non-hydrogen) atoms. The van der Waals surface area contributed by atoms with Crippen molar-refractivity contribution < 1.29 is 15.0 Å². The molecule has 2 fully saturated rings. The summed E-state index contributed by atoms with van der Waals surface area (Å²) < 4.78 is 1.86. The number of aromatic carboxylic acids is 1. The number of aliphatic hydroxyl groups is 1. The van der Waals surface area contributed by atoms with Crippen LogP contribution in [0, 0.1) is 11.8 Å². The molecule has 4 atom stereocenters. The van der Waals surface area contributed by atoms with Gasteiger partial charge in [0, 0.05) is 37.4 Å². The molecule has 0 amide bonds. The maximum absolute atomic E-state index is 11.1. The van der Waals surface area contributed by atoms with E-state index < -0.39 is 12.1 Å². The van der Waals surface area contributed by atoms with Gasteiger partial charge in [0.1, 0.15) is 5.69 Å². The van der Waals surface area contributed by atoms with E-state index in [-0.39, 0.29) is 11.7 Å². The number of carboxylic acid groups (broad SMARTS) is 1. The molecule has 0 radical (unpaired) electrons. The summed E-state index contributed by atoms with van der Waals surface area (Å²) in [7, 11) is 0. The van der Waals surface area contributed by atoms with Crippen LogP contribution >= 0.6 is 0 Å². The van der Waals surface area contributed by atoms with Crippen LogP contribution in [0.5, 0.6) is 0 Å². The van der Waals surface area contributed by atoms with Gasteiger partial charge < -0.3 is 15.1 Å². The highest BCUT2D eigenvalue weighted by Gasteiger charge is 2.42. The van der Waals surface area contributed by atoms with Crippen LogP contribution in [-0.2, 0) is 0 Å². The fourth-order valence-electron chi connectivity index (χ4n) is 4.11. The monoisotopic (exact) mass is 328 g/mol. The molecule has 2 aromatic rings. The third-order valence-electron chi connectivity index (χ3n) is 5.30. The van der Waals surface area contributed by atoms with Gasteiger partial charge >= 0.3 is 5.97 Å². The number of anilines is 1. The lowest BCUT2D eigenvalue weighted by Crippen LogP contribution is -2.36. The molecular weight excluding hydrogens is 308 g/mol. The van der Waals surface area contributed by atoms with E-state index >= 15 is 0 Å². The maximum atomic E-state index is 11.1. The molecular formula is C17H20N4O3. The molecule has 126 valence electrons. The number of carbonyl (C=O) groups is 1. The Bertz CT molecular complexity index is 733. The van der Waals surface area contributed by atoms with Crippen molar-refractivity contribution in [1.82, 2.24) is 14.8 Å². The lowest BCUT2D eigenvalue weighted by atomic mass is 9.77. The highest BCUT2D eigenvalue weighted by Crippen LogP contribution is 2.42. The molecule has 1 aliphatic carbocycles. The maximum Gasteiger partial charge on any atom is 0.354 e. The molecule has 1 saturated heterocycles. The molecule has 7 heteroatoms. The Morgan fingerprint density at radius 1 is 1.21 bits per heavy atom. The molecule has 0 unspecified atom stereocenters. The largest absolute Gasteiger partial charge is 0.477 e. The average Bonchev–Trinajstić information content (AvgIpc) is 3.23. The fourth-order valence-corrected chi connectivity index (χ4v) is 4.11. The van der Waals surface area contributed by atoms with E-state index in [4.69, 9.17) is 5.11 Å². The zero-order valence-electron chi connectivity index (χ0n) is 13.2. The average molecular weight is 328 g/mol. The Hall–Kier alpha value is -2.41. The highest BCUT2D eigenvalue weighted by molar-refractivity contribution is 5.86. The number of aliphatic hydroxyl groups excluding tert-OH is 1. The lowest BCUT2D eigenvalue weighted by molar-refractivity contribution is 0.0306. The van der Waals surface area contributed by atoms with Gasteiger partial charge in [-0.2, -0.15) is 5.10 Å². The zero-order chi connectivity index (χ0) is 16.7. The Balaban J connectivity index is 1.52. The predicted molar refractivity (Wildman–Crippen MR) is 86.9 cm³/mol. The number of hydrogen-bond acceptors (Lipinski definition) is 5. The first-order valence-electron chi connectivity index (χ1n) is 8.23. The van der Waals surface area contributed by atoms with Crippen molar-refractivity contribution in [1.29, 1.82) is 0 Å². The first-order chi connectivity index (χ1) is 11.6. The molecule has 7 nitrogen and oxygen atoms in total. The van der Waals surface area contributed by atoms with Crippen molar-refractivity contribution in [3.05, 3.63) is 42.5 Å². The van der Waals surface area contributed by atoms with Crippen LogP contribution in [0.3, 0.4) is 0 Å². The Kier molecular flexibility index (Phi) is 3.72. The van der Waals surface area contributed by atoms with Gasteiger partial charge in [0.05, 0.1) is 12.1 Å². The van der Waals surface area contributed by atoms with Crippen LogP contribution in [0.25, 0.3) is 0 Å². The van der Waals surface area contributed by atoms with Gasteiger partial charge in [-0.3, -0.25) is 4.68 Å². The topological polar surface area (TPSA) is 91.5 Å². The van der Waals surface area contributed by atoms with Crippen molar-refractivity contribution in [3.63, 3.8) is 0 Å². The molecule has 0 bridgehead atoms.